The van der Waals surface area contributed by atoms with E-state index >= 15 is 0 Å². The fourth-order valence-corrected chi connectivity index (χ4v) is 4.26. The number of ether oxygens (including phenoxy) is 1. The molecule has 25 heavy (non-hydrogen) atoms. The SMILES string of the molecule is COc1ccc([N+](=O)[O-])c2c1N[C@H](c1ccc(Br)cc1)[C@@H]1CC=C[C@H]21. The second kappa shape index (κ2) is 6.19. The summed E-state index contributed by atoms with van der Waals surface area (Å²) in [5.74, 6) is 0.904. The predicted molar refractivity (Wildman–Crippen MR) is 100 cm³/mol. The number of allylic oxidation sites excluding steroid dienone is 2. The number of halogens is 1. The van der Waals surface area contributed by atoms with E-state index in [2.05, 4.69) is 45.5 Å². The second-order valence-electron chi connectivity index (χ2n) is 6.36. The van der Waals surface area contributed by atoms with Gasteiger partial charge in [-0.2, -0.15) is 0 Å². The zero-order valence-electron chi connectivity index (χ0n) is 13.6. The Balaban J connectivity index is 1.87. The van der Waals surface area contributed by atoms with E-state index in [1.807, 2.05) is 12.1 Å². The van der Waals surface area contributed by atoms with Crippen LogP contribution in [0, 0.1) is 16.0 Å². The number of anilines is 1. The molecule has 0 saturated carbocycles. The first kappa shape index (κ1) is 16.1. The molecule has 0 bridgehead atoms. The van der Waals surface area contributed by atoms with E-state index in [0.717, 1.165) is 22.1 Å². The summed E-state index contributed by atoms with van der Waals surface area (Å²) in [5.41, 5.74) is 2.79. The van der Waals surface area contributed by atoms with Gasteiger partial charge in [0.1, 0.15) is 5.75 Å². The first-order valence-electron chi connectivity index (χ1n) is 8.14. The average molecular weight is 401 g/mol. The molecule has 0 spiro atoms. The van der Waals surface area contributed by atoms with Crippen molar-refractivity contribution >= 4 is 27.3 Å². The van der Waals surface area contributed by atoms with E-state index < -0.39 is 0 Å². The summed E-state index contributed by atoms with van der Waals surface area (Å²) < 4.78 is 6.51. The highest BCUT2D eigenvalue weighted by Gasteiger charge is 2.42. The van der Waals surface area contributed by atoms with Crippen LogP contribution < -0.4 is 10.1 Å². The van der Waals surface area contributed by atoms with Gasteiger partial charge in [0, 0.05) is 16.5 Å². The number of hydrogen-bond donors (Lipinski definition) is 1. The highest BCUT2D eigenvalue weighted by molar-refractivity contribution is 9.10. The molecular weight excluding hydrogens is 384 g/mol. The fourth-order valence-electron chi connectivity index (χ4n) is 3.99. The largest absolute Gasteiger partial charge is 0.495 e. The van der Waals surface area contributed by atoms with Gasteiger partial charge in [0.15, 0.2) is 0 Å². The van der Waals surface area contributed by atoms with E-state index in [-0.39, 0.29) is 28.5 Å². The van der Waals surface area contributed by atoms with Crippen LogP contribution in [-0.2, 0) is 0 Å². The third-order valence-electron chi connectivity index (χ3n) is 5.10. The zero-order chi connectivity index (χ0) is 17.6. The van der Waals surface area contributed by atoms with Gasteiger partial charge in [-0.1, -0.05) is 40.2 Å². The molecule has 0 aromatic heterocycles. The van der Waals surface area contributed by atoms with Crippen molar-refractivity contribution in [2.24, 2.45) is 5.92 Å². The summed E-state index contributed by atoms with van der Waals surface area (Å²) in [6.07, 6.45) is 5.12. The highest BCUT2D eigenvalue weighted by Crippen LogP contribution is 2.54. The van der Waals surface area contributed by atoms with E-state index in [1.54, 1.807) is 19.2 Å². The van der Waals surface area contributed by atoms with E-state index in [0.29, 0.717) is 5.75 Å². The molecule has 5 nitrogen and oxygen atoms in total. The summed E-state index contributed by atoms with van der Waals surface area (Å²) >= 11 is 3.47. The van der Waals surface area contributed by atoms with Crippen molar-refractivity contribution in [2.75, 3.05) is 12.4 Å². The molecule has 2 aromatic rings. The van der Waals surface area contributed by atoms with E-state index in [9.17, 15) is 10.1 Å². The van der Waals surface area contributed by atoms with Gasteiger partial charge in [-0.25, -0.2) is 0 Å². The fraction of sp³-hybridized carbons (Fsp3) is 0.263. The predicted octanol–water partition coefficient (Wildman–Crippen LogP) is 5.19. The van der Waals surface area contributed by atoms with Crippen LogP contribution in [0.2, 0.25) is 0 Å². The number of nitrogens with one attached hydrogen (secondary N) is 1. The summed E-state index contributed by atoms with van der Waals surface area (Å²) in [6, 6.07) is 11.5. The number of nitro groups is 1. The lowest BCUT2D eigenvalue weighted by molar-refractivity contribution is -0.385. The van der Waals surface area contributed by atoms with Crippen LogP contribution in [0.1, 0.15) is 29.5 Å². The van der Waals surface area contributed by atoms with Crippen molar-refractivity contribution in [3.05, 3.63) is 74.3 Å². The van der Waals surface area contributed by atoms with Gasteiger partial charge < -0.3 is 10.1 Å². The highest BCUT2D eigenvalue weighted by atomic mass is 79.9. The van der Waals surface area contributed by atoms with Crippen LogP contribution in [0.25, 0.3) is 0 Å². The molecule has 0 saturated heterocycles. The van der Waals surface area contributed by atoms with Crippen molar-refractivity contribution in [3.63, 3.8) is 0 Å². The van der Waals surface area contributed by atoms with Crippen LogP contribution >= 0.6 is 15.9 Å². The van der Waals surface area contributed by atoms with Gasteiger partial charge in [-0.15, -0.1) is 0 Å². The number of methoxy groups -OCH3 is 1. The third kappa shape index (κ3) is 2.61. The van der Waals surface area contributed by atoms with E-state index in [1.165, 1.54) is 5.56 Å². The zero-order valence-corrected chi connectivity index (χ0v) is 15.2. The maximum atomic E-state index is 11.6. The van der Waals surface area contributed by atoms with Gasteiger partial charge in [0.25, 0.3) is 5.69 Å². The molecule has 1 heterocycles. The molecule has 0 fully saturated rings. The Morgan fingerprint density at radius 1 is 1.24 bits per heavy atom. The topological polar surface area (TPSA) is 64.4 Å². The maximum Gasteiger partial charge on any atom is 0.275 e. The molecule has 6 heteroatoms. The van der Waals surface area contributed by atoms with Crippen LogP contribution in [-0.4, -0.2) is 12.0 Å². The third-order valence-corrected chi connectivity index (χ3v) is 5.63. The van der Waals surface area contributed by atoms with Gasteiger partial charge in [0.2, 0.25) is 0 Å². The van der Waals surface area contributed by atoms with Crippen molar-refractivity contribution in [3.8, 4) is 5.75 Å². The number of fused-ring (bicyclic) bond motifs is 3. The molecule has 1 N–H and O–H groups in total. The Labute approximate surface area is 154 Å². The van der Waals surface area contributed by atoms with Gasteiger partial charge in [-0.05, 0) is 36.1 Å². The maximum absolute atomic E-state index is 11.6. The minimum absolute atomic E-state index is 0.0143. The number of rotatable bonds is 3. The average Bonchev–Trinajstić information content (AvgIpc) is 3.10. The Bertz CT molecular complexity index is 864. The lowest BCUT2D eigenvalue weighted by Gasteiger charge is -2.37. The Kier molecular flexibility index (Phi) is 4.00. The lowest BCUT2D eigenvalue weighted by Crippen LogP contribution is -2.30. The quantitative estimate of drug-likeness (QED) is 0.437. The smallest absolute Gasteiger partial charge is 0.275 e. The molecule has 128 valence electrons. The Morgan fingerprint density at radius 3 is 2.68 bits per heavy atom. The molecule has 0 amide bonds. The minimum atomic E-state index is -0.302. The van der Waals surface area contributed by atoms with Crippen LogP contribution in [0.4, 0.5) is 11.4 Å². The second-order valence-corrected chi connectivity index (χ2v) is 7.28. The van der Waals surface area contributed by atoms with Crippen molar-refractivity contribution in [1.82, 2.24) is 0 Å². The molecule has 2 aromatic carbocycles. The molecule has 1 aliphatic carbocycles. The Hall–Kier alpha value is -2.34. The Morgan fingerprint density at radius 2 is 2.00 bits per heavy atom. The molecule has 2 aliphatic rings. The van der Waals surface area contributed by atoms with Crippen LogP contribution in [0.15, 0.2) is 53.0 Å². The molecule has 0 unspecified atom stereocenters. The van der Waals surface area contributed by atoms with Crippen molar-refractivity contribution in [2.45, 2.75) is 18.4 Å². The van der Waals surface area contributed by atoms with Crippen LogP contribution in [0.5, 0.6) is 5.75 Å². The van der Waals surface area contributed by atoms with Gasteiger partial charge in [-0.3, -0.25) is 10.1 Å². The summed E-state index contributed by atoms with van der Waals surface area (Å²) in [4.78, 5) is 11.3. The van der Waals surface area contributed by atoms with Crippen LogP contribution in [0.3, 0.4) is 0 Å². The molecule has 3 atom stereocenters. The monoisotopic (exact) mass is 400 g/mol. The number of benzene rings is 2. The minimum Gasteiger partial charge on any atom is -0.495 e. The molecule has 0 radical (unpaired) electrons. The summed E-state index contributed by atoms with van der Waals surface area (Å²) in [7, 11) is 1.59. The van der Waals surface area contributed by atoms with Gasteiger partial charge >= 0.3 is 0 Å². The summed E-state index contributed by atoms with van der Waals surface area (Å²) in [5, 5.41) is 15.1. The van der Waals surface area contributed by atoms with Crippen molar-refractivity contribution < 1.29 is 9.66 Å². The number of hydrogen-bond acceptors (Lipinski definition) is 4. The normalized spacial score (nSPS) is 23.5. The molecule has 1 aliphatic heterocycles. The number of nitrogens with zero attached hydrogens (tertiary/aromatic N) is 1. The number of nitro benzene ring substituents is 1. The van der Waals surface area contributed by atoms with Gasteiger partial charge in [0.05, 0.1) is 29.3 Å². The summed E-state index contributed by atoms with van der Waals surface area (Å²) in [6.45, 7) is 0. The van der Waals surface area contributed by atoms with Crippen molar-refractivity contribution in [1.29, 1.82) is 0 Å². The standard InChI is InChI=1S/C19H17BrN2O3/c1-25-16-10-9-15(22(23)24)17-13-3-2-4-14(13)18(21-19(16)17)11-5-7-12(20)8-6-11/h2-3,5-10,13-14,18,21H,4H2,1H3/t13-,14+,18+/m0/s1. The first-order valence-corrected chi connectivity index (χ1v) is 8.93. The van der Waals surface area contributed by atoms with E-state index in [4.69, 9.17) is 4.74 Å². The molecule has 4 rings (SSSR count). The molecular formula is C19H17BrN2O3. The first-order chi connectivity index (χ1) is 12.1. The lowest BCUT2D eigenvalue weighted by atomic mass is 9.76.